The minimum absolute atomic E-state index is 0.0221. The largest absolute Gasteiger partial charge is 0.456 e. The lowest BCUT2D eigenvalue weighted by Gasteiger charge is -2.39. The van der Waals surface area contributed by atoms with Crippen molar-refractivity contribution in [3.63, 3.8) is 0 Å². The summed E-state index contributed by atoms with van der Waals surface area (Å²) in [4.78, 5) is 13.0. The van der Waals surface area contributed by atoms with Gasteiger partial charge in [-0.2, -0.15) is 0 Å². The molecule has 0 saturated heterocycles. The molecule has 3 aliphatic rings. The van der Waals surface area contributed by atoms with Crippen molar-refractivity contribution in [3.05, 3.63) is 72.4 Å². The fourth-order valence-electron chi connectivity index (χ4n) is 5.70. The zero-order chi connectivity index (χ0) is 32.3. The lowest BCUT2D eigenvalue weighted by molar-refractivity contribution is -0.148. The maximum Gasteiger partial charge on any atom is 0.330 e. The van der Waals surface area contributed by atoms with Crippen molar-refractivity contribution in [2.24, 2.45) is 5.92 Å². The molecule has 246 valence electrons. The van der Waals surface area contributed by atoms with E-state index in [-0.39, 0.29) is 35.4 Å². The molecule has 0 N–H and O–H groups in total. The average Bonchev–Trinajstić information content (AvgIpc) is 2.92. The van der Waals surface area contributed by atoms with Crippen molar-refractivity contribution in [2.45, 2.75) is 134 Å². The average molecular weight is 627 g/mol. The van der Waals surface area contributed by atoms with Gasteiger partial charge >= 0.3 is 5.97 Å². The van der Waals surface area contributed by atoms with E-state index in [0.29, 0.717) is 25.4 Å². The molecular formula is C37H58O6Si. The molecule has 44 heavy (non-hydrogen) atoms. The number of esters is 1. The maximum atomic E-state index is 13.0. The van der Waals surface area contributed by atoms with E-state index < -0.39 is 20.5 Å². The van der Waals surface area contributed by atoms with E-state index in [1.807, 2.05) is 18.2 Å². The van der Waals surface area contributed by atoms with Gasteiger partial charge in [-0.3, -0.25) is 0 Å². The van der Waals surface area contributed by atoms with Gasteiger partial charge in [0.15, 0.2) is 8.32 Å². The summed E-state index contributed by atoms with van der Waals surface area (Å²) in [6.07, 6.45) is 22.6. The van der Waals surface area contributed by atoms with E-state index in [9.17, 15) is 4.79 Å². The molecule has 0 radical (unpaired) electrons. The van der Waals surface area contributed by atoms with Crippen molar-refractivity contribution in [1.29, 1.82) is 0 Å². The Morgan fingerprint density at radius 3 is 2.52 bits per heavy atom. The number of carbonyl (C=O) groups excluding carboxylic acids is 1. The minimum atomic E-state index is -2.05. The van der Waals surface area contributed by atoms with Gasteiger partial charge in [0.1, 0.15) is 12.2 Å². The van der Waals surface area contributed by atoms with E-state index in [4.69, 9.17) is 23.4 Å². The quantitative estimate of drug-likeness (QED) is 0.167. The van der Waals surface area contributed by atoms with Crippen LogP contribution < -0.4 is 0 Å². The van der Waals surface area contributed by atoms with Crippen LogP contribution in [0.15, 0.2) is 72.4 Å². The van der Waals surface area contributed by atoms with Gasteiger partial charge in [0, 0.05) is 19.6 Å². The number of hydrogen-bond acceptors (Lipinski definition) is 6. The summed E-state index contributed by atoms with van der Waals surface area (Å²) in [6, 6.07) is 0. The Morgan fingerprint density at radius 2 is 1.82 bits per heavy atom. The molecule has 0 spiro atoms. The topological polar surface area (TPSA) is 63.2 Å². The Morgan fingerprint density at radius 1 is 1.07 bits per heavy atom. The standard InChI is InChI=1S/C37H58O6Si/c1-27-21-22-40-31(24-27)19-20-34(39-7)35-17-11-16-33(43-44(8,9)37(4,5)6)26-29(3)23-28(2)25-32-15-10-13-30(41-32)14-12-18-36(38)42-35/h10-13,16,18-21,28,30-35H,3,14-15,17,22-26H2,1-2,4-9H3/b16-11+,18-12+,20-19?. The molecule has 0 amide bonds. The smallest absolute Gasteiger partial charge is 0.330 e. The van der Waals surface area contributed by atoms with Gasteiger partial charge in [-0.05, 0) is 69.5 Å². The fraction of sp³-hybridized carbons (Fsp3) is 0.649. The fourth-order valence-corrected chi connectivity index (χ4v) is 6.97. The molecule has 2 bridgehead atoms. The number of methoxy groups -OCH3 is 1. The van der Waals surface area contributed by atoms with Gasteiger partial charge in [0.05, 0.1) is 31.0 Å². The number of rotatable bonds is 6. The van der Waals surface area contributed by atoms with Gasteiger partial charge in [-0.25, -0.2) is 4.79 Å². The molecule has 0 aromatic rings. The van der Waals surface area contributed by atoms with Crippen LogP contribution in [0.4, 0.5) is 0 Å². The number of ether oxygens (including phenoxy) is 4. The Hall–Kier alpha value is -2.03. The van der Waals surface area contributed by atoms with Crippen LogP contribution >= 0.6 is 0 Å². The monoisotopic (exact) mass is 626 g/mol. The van der Waals surface area contributed by atoms with Gasteiger partial charge in [0.2, 0.25) is 0 Å². The molecule has 7 atom stereocenters. The zero-order valence-electron chi connectivity index (χ0n) is 28.6. The van der Waals surface area contributed by atoms with E-state index in [0.717, 1.165) is 32.1 Å². The predicted molar refractivity (Wildman–Crippen MR) is 182 cm³/mol. The molecule has 0 aliphatic carbocycles. The lowest BCUT2D eigenvalue weighted by Crippen LogP contribution is -2.43. The zero-order valence-corrected chi connectivity index (χ0v) is 29.6. The van der Waals surface area contributed by atoms with Crippen molar-refractivity contribution in [1.82, 2.24) is 0 Å². The third-order valence-corrected chi connectivity index (χ3v) is 13.7. The number of carbonyl (C=O) groups is 1. The number of cyclic esters (lactones) is 1. The first kappa shape index (κ1) is 36.4. The molecular weight excluding hydrogens is 568 g/mol. The van der Waals surface area contributed by atoms with Crippen molar-refractivity contribution in [3.8, 4) is 0 Å². The number of hydrogen-bond donors (Lipinski definition) is 0. The Kier molecular flexibility index (Phi) is 14.1. The highest BCUT2D eigenvalue weighted by Crippen LogP contribution is 2.38. The molecule has 0 aromatic carbocycles. The van der Waals surface area contributed by atoms with Crippen molar-refractivity contribution >= 4 is 14.3 Å². The van der Waals surface area contributed by atoms with Crippen LogP contribution in [0, 0.1) is 5.92 Å². The molecule has 0 fully saturated rings. The van der Waals surface area contributed by atoms with Crippen LogP contribution in [0.5, 0.6) is 0 Å². The van der Waals surface area contributed by atoms with Crippen molar-refractivity contribution < 1.29 is 28.2 Å². The first-order valence-corrected chi connectivity index (χ1v) is 19.3. The van der Waals surface area contributed by atoms with E-state index in [1.54, 1.807) is 7.11 Å². The van der Waals surface area contributed by atoms with Crippen LogP contribution in [0.1, 0.15) is 79.6 Å². The van der Waals surface area contributed by atoms with Crippen LogP contribution in [-0.4, -0.2) is 64.6 Å². The summed E-state index contributed by atoms with van der Waals surface area (Å²) < 4.78 is 31.1. The second-order valence-corrected chi connectivity index (χ2v) is 19.1. The van der Waals surface area contributed by atoms with Gasteiger partial charge < -0.3 is 23.4 Å². The summed E-state index contributed by atoms with van der Waals surface area (Å²) in [5.74, 6) is 0.0627. The van der Waals surface area contributed by atoms with Gasteiger partial charge in [-0.1, -0.05) is 94.0 Å². The van der Waals surface area contributed by atoms with Crippen molar-refractivity contribution in [2.75, 3.05) is 13.7 Å². The second kappa shape index (κ2) is 17.0. The van der Waals surface area contributed by atoms with Gasteiger partial charge in [0.25, 0.3) is 0 Å². The summed E-state index contributed by atoms with van der Waals surface area (Å²) in [6.45, 7) is 20.8. The second-order valence-electron chi connectivity index (χ2n) is 14.4. The normalized spacial score (nSPS) is 32.3. The summed E-state index contributed by atoms with van der Waals surface area (Å²) in [7, 11) is -0.403. The molecule has 3 rings (SSSR count). The van der Waals surface area contributed by atoms with E-state index in [2.05, 4.69) is 84.7 Å². The molecule has 0 saturated carbocycles. The van der Waals surface area contributed by atoms with Crippen LogP contribution in [0.2, 0.25) is 18.1 Å². The van der Waals surface area contributed by atoms with Crippen LogP contribution in [0.25, 0.3) is 0 Å². The first-order chi connectivity index (χ1) is 20.8. The Labute approximate surface area is 268 Å². The molecule has 3 aliphatic heterocycles. The Bertz CT molecular complexity index is 1090. The predicted octanol–water partition coefficient (Wildman–Crippen LogP) is 8.58. The highest BCUT2D eigenvalue weighted by atomic mass is 28.4. The Balaban J connectivity index is 1.87. The van der Waals surface area contributed by atoms with Gasteiger partial charge in [-0.15, -0.1) is 0 Å². The van der Waals surface area contributed by atoms with E-state index in [1.165, 1.54) is 17.2 Å². The molecule has 0 aromatic heterocycles. The summed E-state index contributed by atoms with van der Waals surface area (Å²) >= 11 is 0. The highest BCUT2D eigenvalue weighted by molar-refractivity contribution is 6.74. The molecule has 7 unspecified atom stereocenters. The SMILES string of the molecule is C=C1CC(C)CC2CC=CC(C/C=C/C(=O)OC(C(C=CC3CC(C)=CCO3)OC)C/C=C/C(O[Si](C)(C)C(C)(C)C)C1)O2. The molecule has 7 heteroatoms. The summed E-state index contributed by atoms with van der Waals surface area (Å²) in [5.41, 5.74) is 2.50. The summed E-state index contributed by atoms with van der Waals surface area (Å²) in [5, 5.41) is 0.0783. The lowest BCUT2D eigenvalue weighted by atomic mass is 9.91. The third-order valence-electron chi connectivity index (χ3n) is 9.19. The molecule has 3 heterocycles. The van der Waals surface area contributed by atoms with E-state index >= 15 is 0 Å². The maximum absolute atomic E-state index is 13.0. The third kappa shape index (κ3) is 12.0. The minimum Gasteiger partial charge on any atom is -0.456 e. The number of fused-ring (bicyclic) bond motifs is 2. The van der Waals surface area contributed by atoms with Crippen LogP contribution in [0.3, 0.4) is 0 Å². The molecule has 6 nitrogen and oxygen atoms in total. The highest BCUT2D eigenvalue weighted by Gasteiger charge is 2.39. The van der Waals surface area contributed by atoms with Crippen LogP contribution in [-0.2, 0) is 28.2 Å². The first-order valence-electron chi connectivity index (χ1n) is 16.4.